The Morgan fingerprint density at radius 2 is 1.15 bits per heavy atom. The van der Waals surface area contributed by atoms with E-state index in [9.17, 15) is 21.9 Å². The molecule has 6 rings (SSSR count). The van der Waals surface area contributed by atoms with Crippen molar-refractivity contribution in [3.63, 3.8) is 0 Å². The highest BCUT2D eigenvalue weighted by Crippen LogP contribution is 2.40. The van der Waals surface area contributed by atoms with E-state index in [0.717, 1.165) is 18.4 Å². The molecule has 0 saturated heterocycles. The lowest BCUT2D eigenvalue weighted by molar-refractivity contribution is 0.340. The van der Waals surface area contributed by atoms with Gasteiger partial charge < -0.3 is 9.84 Å². The van der Waals surface area contributed by atoms with E-state index in [2.05, 4.69) is 0 Å². The summed E-state index contributed by atoms with van der Waals surface area (Å²) >= 11 is 0. The predicted molar refractivity (Wildman–Crippen MR) is 163 cm³/mol. The topological polar surface area (TPSA) is 97.7 Å². The SMILES string of the molecule is COc1ccc2c(c1)S(=O)(=O)C(CCC1CCCCC1)=C2.O=S1(=O)C(CCC2CCCCC2)=Cc2ccc(O)cc21. The molecule has 2 fully saturated rings. The normalized spacial score (nSPS) is 21.2. The Hall–Kier alpha value is -2.58. The molecule has 8 heteroatoms. The summed E-state index contributed by atoms with van der Waals surface area (Å²) < 4.78 is 55.2. The Labute approximate surface area is 245 Å². The van der Waals surface area contributed by atoms with Crippen LogP contribution in [0.25, 0.3) is 12.2 Å². The van der Waals surface area contributed by atoms with Crippen molar-refractivity contribution in [2.45, 2.75) is 99.7 Å². The minimum absolute atomic E-state index is 0.00857. The van der Waals surface area contributed by atoms with Crippen molar-refractivity contribution in [3.05, 3.63) is 57.3 Å². The first-order valence-electron chi connectivity index (χ1n) is 15.1. The first-order chi connectivity index (χ1) is 19.7. The minimum Gasteiger partial charge on any atom is -0.508 e. The van der Waals surface area contributed by atoms with E-state index >= 15 is 0 Å². The molecule has 2 aliphatic heterocycles. The van der Waals surface area contributed by atoms with Crippen molar-refractivity contribution in [3.8, 4) is 11.5 Å². The zero-order chi connectivity index (χ0) is 29.0. The molecule has 2 aromatic carbocycles. The molecule has 0 spiro atoms. The summed E-state index contributed by atoms with van der Waals surface area (Å²) in [4.78, 5) is 1.76. The van der Waals surface area contributed by atoms with Crippen LogP contribution in [0.2, 0.25) is 0 Å². The third kappa shape index (κ3) is 6.75. The molecule has 2 heterocycles. The van der Waals surface area contributed by atoms with Crippen molar-refractivity contribution < 1.29 is 26.7 Å². The Morgan fingerprint density at radius 1 is 0.683 bits per heavy atom. The second-order valence-electron chi connectivity index (χ2n) is 11.9. The zero-order valence-corrected chi connectivity index (χ0v) is 25.6. The van der Waals surface area contributed by atoms with Gasteiger partial charge in [-0.3, -0.25) is 0 Å². The second kappa shape index (κ2) is 12.7. The molecule has 4 aliphatic rings. The summed E-state index contributed by atoms with van der Waals surface area (Å²) in [5.74, 6) is 1.98. The third-order valence-electron chi connectivity index (χ3n) is 9.17. The molecule has 41 heavy (non-hydrogen) atoms. The van der Waals surface area contributed by atoms with Crippen LogP contribution in [0.15, 0.2) is 56.0 Å². The number of hydrogen-bond acceptors (Lipinski definition) is 6. The van der Waals surface area contributed by atoms with Gasteiger partial charge in [0.15, 0.2) is 0 Å². The van der Waals surface area contributed by atoms with Crippen LogP contribution in [0.5, 0.6) is 11.5 Å². The zero-order valence-electron chi connectivity index (χ0n) is 24.0. The fraction of sp³-hybridized carbons (Fsp3) is 0.515. The molecule has 0 bridgehead atoms. The number of rotatable bonds is 7. The second-order valence-corrected chi connectivity index (χ2v) is 15.9. The van der Waals surface area contributed by atoms with Gasteiger partial charge >= 0.3 is 0 Å². The van der Waals surface area contributed by atoms with E-state index in [1.54, 1.807) is 25.3 Å². The van der Waals surface area contributed by atoms with Crippen molar-refractivity contribution in [2.24, 2.45) is 11.8 Å². The van der Waals surface area contributed by atoms with Crippen molar-refractivity contribution >= 4 is 31.8 Å². The minimum atomic E-state index is -3.37. The van der Waals surface area contributed by atoms with Crippen LogP contribution in [0.4, 0.5) is 0 Å². The van der Waals surface area contributed by atoms with E-state index in [-0.39, 0.29) is 10.6 Å². The molecule has 0 radical (unpaired) electrons. The van der Waals surface area contributed by atoms with E-state index < -0.39 is 19.7 Å². The van der Waals surface area contributed by atoms with Gasteiger partial charge in [0, 0.05) is 9.81 Å². The molecule has 0 unspecified atom stereocenters. The molecular formula is C33H42O6S2. The van der Waals surface area contributed by atoms with Gasteiger partial charge in [0.1, 0.15) is 11.5 Å². The number of ether oxygens (including phenoxy) is 1. The van der Waals surface area contributed by atoms with Crippen LogP contribution >= 0.6 is 0 Å². The quantitative estimate of drug-likeness (QED) is 0.346. The van der Waals surface area contributed by atoms with Crippen LogP contribution < -0.4 is 4.74 Å². The van der Waals surface area contributed by atoms with Crippen LogP contribution in [0.1, 0.15) is 101 Å². The fourth-order valence-corrected chi connectivity index (χ4v) is 10.0. The Bertz CT molecular complexity index is 1520. The number of phenolic OH excluding ortho intramolecular Hbond substituents is 1. The van der Waals surface area contributed by atoms with Gasteiger partial charge in [-0.2, -0.15) is 0 Å². The first kappa shape index (κ1) is 29.9. The number of phenols is 1. The maximum absolute atomic E-state index is 12.6. The van der Waals surface area contributed by atoms with Gasteiger partial charge in [0.2, 0.25) is 19.7 Å². The highest BCUT2D eigenvalue weighted by atomic mass is 32.2. The number of sulfone groups is 2. The monoisotopic (exact) mass is 598 g/mol. The van der Waals surface area contributed by atoms with Gasteiger partial charge in [-0.25, -0.2) is 16.8 Å². The highest BCUT2D eigenvalue weighted by Gasteiger charge is 2.31. The molecule has 0 atom stereocenters. The lowest BCUT2D eigenvalue weighted by atomic mass is 9.86. The van der Waals surface area contributed by atoms with Crippen LogP contribution in [-0.4, -0.2) is 29.1 Å². The fourth-order valence-electron chi connectivity index (χ4n) is 6.71. The highest BCUT2D eigenvalue weighted by molar-refractivity contribution is 7.96. The average molecular weight is 599 g/mol. The van der Waals surface area contributed by atoms with Gasteiger partial charge in [-0.15, -0.1) is 0 Å². The molecule has 2 aromatic rings. The van der Waals surface area contributed by atoms with Crippen LogP contribution in [0.3, 0.4) is 0 Å². The van der Waals surface area contributed by atoms with E-state index in [4.69, 9.17) is 4.74 Å². The summed E-state index contributed by atoms with van der Waals surface area (Å²) in [5, 5.41) is 9.46. The number of hydrogen-bond donors (Lipinski definition) is 1. The van der Waals surface area contributed by atoms with Crippen molar-refractivity contribution in [1.29, 1.82) is 0 Å². The summed E-state index contributed by atoms with van der Waals surface area (Å²) in [5.41, 5.74) is 1.51. The summed E-state index contributed by atoms with van der Waals surface area (Å²) in [6.07, 6.45) is 19.7. The molecule has 0 amide bonds. The van der Waals surface area contributed by atoms with Gasteiger partial charge in [-0.05, 0) is 97.2 Å². The van der Waals surface area contributed by atoms with Crippen LogP contribution in [0, 0.1) is 11.8 Å². The number of benzene rings is 2. The van der Waals surface area contributed by atoms with Crippen LogP contribution in [-0.2, 0) is 19.7 Å². The maximum atomic E-state index is 12.6. The average Bonchev–Trinajstić information content (AvgIpc) is 3.39. The number of fused-ring (bicyclic) bond motifs is 2. The lowest BCUT2D eigenvalue weighted by Crippen LogP contribution is -2.08. The Kier molecular flexibility index (Phi) is 9.29. The summed E-state index contributed by atoms with van der Waals surface area (Å²) in [6.45, 7) is 0. The predicted octanol–water partition coefficient (Wildman–Crippen LogP) is 8.06. The maximum Gasteiger partial charge on any atom is 0.203 e. The van der Waals surface area contributed by atoms with Gasteiger partial charge in [0.05, 0.1) is 16.9 Å². The Balaban J connectivity index is 0.000000165. The van der Waals surface area contributed by atoms with Gasteiger partial charge in [0.25, 0.3) is 0 Å². The number of allylic oxidation sites excluding steroid dienone is 2. The van der Waals surface area contributed by atoms with E-state index in [0.29, 0.717) is 50.7 Å². The number of aromatic hydroxyl groups is 1. The molecule has 2 saturated carbocycles. The molecular weight excluding hydrogens is 556 g/mol. The van der Waals surface area contributed by atoms with Gasteiger partial charge in [-0.1, -0.05) is 64.2 Å². The summed E-state index contributed by atoms with van der Waals surface area (Å²) in [7, 11) is -5.11. The van der Waals surface area contributed by atoms with Crippen molar-refractivity contribution in [2.75, 3.05) is 7.11 Å². The van der Waals surface area contributed by atoms with Crippen molar-refractivity contribution in [1.82, 2.24) is 0 Å². The van der Waals surface area contributed by atoms with E-state index in [1.165, 1.54) is 76.3 Å². The smallest absolute Gasteiger partial charge is 0.203 e. The molecule has 1 N–H and O–H groups in total. The Morgan fingerprint density at radius 3 is 1.63 bits per heavy atom. The molecule has 0 aromatic heterocycles. The molecule has 2 aliphatic carbocycles. The molecule has 222 valence electrons. The first-order valence-corrected chi connectivity index (χ1v) is 18.1. The summed E-state index contributed by atoms with van der Waals surface area (Å²) in [6, 6.07) is 9.85. The van der Waals surface area contributed by atoms with E-state index in [1.807, 2.05) is 18.2 Å². The molecule has 6 nitrogen and oxygen atoms in total. The standard InChI is InChI=1S/C17H22O3S.C16H20O3S/c1-20-15-9-8-14-11-16(21(18,19)17(14)12-15)10-7-13-5-3-2-4-6-13;17-14-8-7-13-10-15(20(18,19)16(13)11-14)9-6-12-4-2-1-3-5-12/h8-9,11-13H,2-7,10H2,1H3;7-8,10-12,17H,1-6,9H2. The third-order valence-corrected chi connectivity index (χ3v) is 13.1. The largest absolute Gasteiger partial charge is 0.508 e. The number of methoxy groups -OCH3 is 1. The lowest BCUT2D eigenvalue weighted by Gasteiger charge is -2.21.